The van der Waals surface area contributed by atoms with Crippen LogP contribution >= 0.6 is 0 Å². The Kier molecular flexibility index (Phi) is 10.7. The molecule has 0 rings (SSSR count). The van der Waals surface area contributed by atoms with E-state index in [0.717, 1.165) is 0 Å². The van der Waals surface area contributed by atoms with Crippen molar-refractivity contribution in [1.82, 2.24) is 10.6 Å². The van der Waals surface area contributed by atoms with E-state index in [1.165, 1.54) is 0 Å². The van der Waals surface area contributed by atoms with Gasteiger partial charge in [0.2, 0.25) is 11.8 Å². The average Bonchev–Trinajstić information content (AvgIpc) is 2.59. The lowest BCUT2D eigenvalue weighted by atomic mass is 9.97. The summed E-state index contributed by atoms with van der Waals surface area (Å²) in [5.41, 5.74) is 5.62. The van der Waals surface area contributed by atoms with Crippen LogP contribution in [0.3, 0.4) is 0 Å². The van der Waals surface area contributed by atoms with Crippen LogP contribution in [0.4, 0.5) is 0 Å². The maximum Gasteiger partial charge on any atom is 0.326 e. The van der Waals surface area contributed by atoms with Crippen molar-refractivity contribution in [2.24, 2.45) is 11.7 Å². The molecule has 0 bridgehead atoms. The highest BCUT2D eigenvalue weighted by Crippen LogP contribution is 2.10. The SMILES string of the molecule is CC[C@H](C)[C@H](NC(=O)[C@@H](N)CCC(=O)O)C(=O)N[C@@H](CCC(=O)O)C(=O)O. The van der Waals surface area contributed by atoms with Crippen LogP contribution in [-0.4, -0.2) is 63.2 Å². The summed E-state index contributed by atoms with van der Waals surface area (Å²) in [5.74, 6) is -5.58. The molecule has 11 heteroatoms. The Hall–Kier alpha value is -2.69. The van der Waals surface area contributed by atoms with E-state index in [4.69, 9.17) is 21.1 Å². The van der Waals surface area contributed by atoms with Gasteiger partial charge in [0.15, 0.2) is 0 Å². The molecule has 4 atom stereocenters. The smallest absolute Gasteiger partial charge is 0.326 e. The van der Waals surface area contributed by atoms with Crippen molar-refractivity contribution in [2.75, 3.05) is 0 Å². The molecule has 0 aromatic carbocycles. The van der Waals surface area contributed by atoms with Crippen molar-refractivity contribution in [3.63, 3.8) is 0 Å². The number of carboxylic acids is 3. The Morgan fingerprint density at radius 2 is 1.41 bits per heavy atom. The maximum absolute atomic E-state index is 12.5. The second-order valence-corrected chi connectivity index (χ2v) is 6.24. The van der Waals surface area contributed by atoms with Crippen LogP contribution in [0, 0.1) is 5.92 Å². The molecule has 0 fully saturated rings. The van der Waals surface area contributed by atoms with Gasteiger partial charge in [0.05, 0.1) is 6.04 Å². The van der Waals surface area contributed by atoms with Gasteiger partial charge in [0.1, 0.15) is 12.1 Å². The van der Waals surface area contributed by atoms with Gasteiger partial charge >= 0.3 is 17.9 Å². The van der Waals surface area contributed by atoms with Crippen molar-refractivity contribution in [3.05, 3.63) is 0 Å². The van der Waals surface area contributed by atoms with E-state index in [1.807, 2.05) is 0 Å². The van der Waals surface area contributed by atoms with Gasteiger partial charge in [0.25, 0.3) is 0 Å². The summed E-state index contributed by atoms with van der Waals surface area (Å²) < 4.78 is 0. The van der Waals surface area contributed by atoms with Gasteiger partial charge < -0.3 is 31.7 Å². The first-order chi connectivity index (χ1) is 12.5. The third kappa shape index (κ3) is 9.54. The van der Waals surface area contributed by atoms with Crippen molar-refractivity contribution < 1.29 is 39.3 Å². The quantitative estimate of drug-likeness (QED) is 0.232. The van der Waals surface area contributed by atoms with Gasteiger partial charge in [-0.05, 0) is 18.8 Å². The highest BCUT2D eigenvalue weighted by molar-refractivity contribution is 5.92. The number of carbonyl (C=O) groups is 5. The zero-order valence-corrected chi connectivity index (χ0v) is 15.3. The second kappa shape index (κ2) is 11.8. The van der Waals surface area contributed by atoms with Crippen LogP contribution in [0.5, 0.6) is 0 Å². The summed E-state index contributed by atoms with van der Waals surface area (Å²) in [6, 6.07) is -3.65. The van der Waals surface area contributed by atoms with E-state index in [1.54, 1.807) is 13.8 Å². The van der Waals surface area contributed by atoms with Gasteiger partial charge in [-0.2, -0.15) is 0 Å². The van der Waals surface area contributed by atoms with Gasteiger partial charge in [0, 0.05) is 12.8 Å². The molecular formula is C16H27N3O8. The fourth-order valence-corrected chi connectivity index (χ4v) is 2.16. The minimum Gasteiger partial charge on any atom is -0.481 e. The lowest BCUT2D eigenvalue weighted by Crippen LogP contribution is -2.56. The molecule has 0 aliphatic heterocycles. The number of aliphatic carboxylic acids is 3. The second-order valence-electron chi connectivity index (χ2n) is 6.24. The monoisotopic (exact) mass is 389 g/mol. The Morgan fingerprint density at radius 3 is 1.85 bits per heavy atom. The van der Waals surface area contributed by atoms with E-state index in [9.17, 15) is 24.0 Å². The molecule has 0 aromatic heterocycles. The molecule has 0 unspecified atom stereocenters. The highest BCUT2D eigenvalue weighted by Gasteiger charge is 2.31. The number of nitrogens with two attached hydrogens (primary N) is 1. The first-order valence-corrected chi connectivity index (χ1v) is 8.52. The fraction of sp³-hybridized carbons (Fsp3) is 0.688. The third-order valence-electron chi connectivity index (χ3n) is 4.06. The molecule has 27 heavy (non-hydrogen) atoms. The summed E-state index contributed by atoms with van der Waals surface area (Å²) in [6.07, 6.45) is -0.708. The Balaban J connectivity index is 5.07. The topological polar surface area (TPSA) is 196 Å². The Bertz CT molecular complexity index is 566. The zero-order chi connectivity index (χ0) is 21.1. The normalized spacial score (nSPS) is 15.1. The molecule has 0 saturated heterocycles. The fourth-order valence-electron chi connectivity index (χ4n) is 2.16. The molecule has 2 amide bonds. The molecule has 0 radical (unpaired) electrons. The first-order valence-electron chi connectivity index (χ1n) is 8.52. The van der Waals surface area contributed by atoms with Crippen LogP contribution in [0.15, 0.2) is 0 Å². The van der Waals surface area contributed by atoms with Gasteiger partial charge in [-0.25, -0.2) is 4.79 Å². The number of hydrogen-bond acceptors (Lipinski definition) is 6. The zero-order valence-electron chi connectivity index (χ0n) is 15.3. The number of amides is 2. The van der Waals surface area contributed by atoms with Crippen molar-refractivity contribution in [3.8, 4) is 0 Å². The summed E-state index contributed by atoms with van der Waals surface area (Å²) in [7, 11) is 0. The van der Waals surface area contributed by atoms with Crippen molar-refractivity contribution in [2.45, 2.75) is 64.1 Å². The minimum absolute atomic E-state index is 0.119. The number of hydrogen-bond donors (Lipinski definition) is 6. The van der Waals surface area contributed by atoms with E-state index >= 15 is 0 Å². The first kappa shape index (κ1) is 24.3. The molecule has 0 saturated carbocycles. The molecule has 0 aliphatic rings. The summed E-state index contributed by atoms with van der Waals surface area (Å²) in [6.45, 7) is 3.43. The third-order valence-corrected chi connectivity index (χ3v) is 4.06. The van der Waals surface area contributed by atoms with Gasteiger partial charge in [-0.1, -0.05) is 20.3 Å². The van der Waals surface area contributed by atoms with E-state index in [2.05, 4.69) is 10.6 Å². The number of rotatable bonds is 13. The summed E-state index contributed by atoms with van der Waals surface area (Å²) >= 11 is 0. The van der Waals surface area contributed by atoms with Crippen molar-refractivity contribution >= 4 is 29.7 Å². The summed E-state index contributed by atoms with van der Waals surface area (Å²) in [5, 5.41) is 31.1. The van der Waals surface area contributed by atoms with Crippen LogP contribution in [0.1, 0.15) is 46.0 Å². The molecule has 7 N–H and O–H groups in total. The predicted molar refractivity (Wildman–Crippen MR) is 92.7 cm³/mol. The molecule has 0 heterocycles. The van der Waals surface area contributed by atoms with Crippen LogP contribution < -0.4 is 16.4 Å². The maximum atomic E-state index is 12.5. The van der Waals surface area contributed by atoms with Gasteiger partial charge in [-0.15, -0.1) is 0 Å². The molecule has 0 aromatic rings. The predicted octanol–water partition coefficient (Wildman–Crippen LogP) is -0.856. The Labute approximate surface area is 156 Å². The van der Waals surface area contributed by atoms with Crippen LogP contribution in [-0.2, 0) is 24.0 Å². The number of carboxylic acid groups (broad SMARTS) is 3. The van der Waals surface area contributed by atoms with E-state index in [0.29, 0.717) is 6.42 Å². The average molecular weight is 389 g/mol. The molecular weight excluding hydrogens is 362 g/mol. The number of nitrogens with one attached hydrogen (secondary N) is 2. The van der Waals surface area contributed by atoms with E-state index in [-0.39, 0.29) is 25.2 Å². The minimum atomic E-state index is -1.42. The standard InChI is InChI=1S/C16H27N3O8/c1-3-8(2)13(19-14(24)9(17)4-6-11(20)21)15(25)18-10(16(26)27)5-7-12(22)23/h8-10,13H,3-7,17H2,1-2H3,(H,18,25)(H,19,24)(H,20,21)(H,22,23)(H,26,27)/t8-,9-,10-,13-/m0/s1. The Morgan fingerprint density at radius 1 is 0.889 bits per heavy atom. The van der Waals surface area contributed by atoms with Crippen molar-refractivity contribution in [1.29, 1.82) is 0 Å². The summed E-state index contributed by atoms with van der Waals surface area (Å²) in [4.78, 5) is 57.0. The lowest BCUT2D eigenvalue weighted by molar-refractivity contribution is -0.143. The van der Waals surface area contributed by atoms with Crippen LogP contribution in [0.25, 0.3) is 0 Å². The molecule has 0 aliphatic carbocycles. The van der Waals surface area contributed by atoms with Gasteiger partial charge in [-0.3, -0.25) is 19.2 Å². The van der Waals surface area contributed by atoms with E-state index < -0.39 is 54.3 Å². The molecule has 11 nitrogen and oxygen atoms in total. The lowest BCUT2D eigenvalue weighted by Gasteiger charge is -2.26. The van der Waals surface area contributed by atoms with Crippen LogP contribution in [0.2, 0.25) is 0 Å². The molecule has 0 spiro atoms. The highest BCUT2D eigenvalue weighted by atomic mass is 16.4. The largest absolute Gasteiger partial charge is 0.481 e. The molecule has 154 valence electrons. The number of carbonyl (C=O) groups excluding carboxylic acids is 2.